The third-order valence-electron chi connectivity index (χ3n) is 4.64. The van der Waals surface area contributed by atoms with E-state index < -0.39 is 27.4 Å². The van der Waals surface area contributed by atoms with Crippen molar-refractivity contribution < 1.29 is 33.0 Å². The Morgan fingerprint density at radius 2 is 1.38 bits per heavy atom. The van der Waals surface area contributed by atoms with Crippen molar-refractivity contribution >= 4 is 16.1 Å². The molecule has 26 heavy (non-hydrogen) atoms. The van der Waals surface area contributed by atoms with E-state index in [1.54, 1.807) is 0 Å². The lowest BCUT2D eigenvalue weighted by atomic mass is 10.0. The average molecular weight is 397 g/mol. The summed E-state index contributed by atoms with van der Waals surface area (Å²) in [6.07, 6.45) is 9.57. The minimum Gasteiger partial charge on any atom is -0.392 e. The van der Waals surface area contributed by atoms with Crippen LogP contribution in [0.3, 0.4) is 0 Å². The smallest absolute Gasteiger partial charge is 0.342 e. The molecule has 8 heteroatoms. The Balaban J connectivity index is 3.98. The van der Waals surface area contributed by atoms with E-state index in [1.807, 2.05) is 0 Å². The highest BCUT2D eigenvalue weighted by Gasteiger charge is 2.29. The monoisotopic (exact) mass is 396 g/mol. The van der Waals surface area contributed by atoms with Crippen LogP contribution >= 0.6 is 0 Å². The summed E-state index contributed by atoms with van der Waals surface area (Å²) < 4.78 is 32.5. The van der Waals surface area contributed by atoms with E-state index >= 15 is 0 Å². The third-order valence-corrected chi connectivity index (χ3v) is 5.95. The summed E-state index contributed by atoms with van der Waals surface area (Å²) in [7, 11) is -4.25. The maximum absolute atomic E-state index is 11.5. The van der Waals surface area contributed by atoms with Crippen LogP contribution in [-0.2, 0) is 19.8 Å². The van der Waals surface area contributed by atoms with Gasteiger partial charge in [0.2, 0.25) is 0 Å². The molecule has 0 spiro atoms. The molecule has 0 saturated carbocycles. The van der Waals surface area contributed by atoms with E-state index in [0.29, 0.717) is 25.7 Å². The van der Waals surface area contributed by atoms with Gasteiger partial charge in [-0.3, -0.25) is 4.55 Å². The average Bonchev–Trinajstić information content (AvgIpc) is 2.58. The van der Waals surface area contributed by atoms with Gasteiger partial charge in [-0.1, -0.05) is 71.1 Å². The van der Waals surface area contributed by atoms with Crippen LogP contribution in [0.5, 0.6) is 0 Å². The maximum Gasteiger partial charge on any atom is 0.342 e. The summed E-state index contributed by atoms with van der Waals surface area (Å²) in [5.41, 5.74) is 0. The second-order valence-electron chi connectivity index (χ2n) is 6.95. The topological polar surface area (TPSA) is 121 Å². The van der Waals surface area contributed by atoms with Gasteiger partial charge < -0.3 is 9.99 Å². The molecular weight excluding hydrogens is 360 g/mol. The van der Waals surface area contributed by atoms with Gasteiger partial charge in [-0.2, -0.15) is 13.7 Å². The SMILES string of the molecule is CCCCCCCCC(C(O)CCCCCCCC(=O)OO)S(=O)(=O)O. The molecule has 2 atom stereocenters. The highest BCUT2D eigenvalue weighted by molar-refractivity contribution is 7.86. The van der Waals surface area contributed by atoms with Gasteiger partial charge >= 0.3 is 5.97 Å². The van der Waals surface area contributed by atoms with Crippen molar-refractivity contribution in [3.8, 4) is 0 Å². The normalized spacial score (nSPS) is 14.2. The fourth-order valence-corrected chi connectivity index (χ4v) is 4.05. The molecule has 0 aliphatic carbocycles. The molecule has 0 heterocycles. The molecule has 0 aromatic heterocycles. The summed E-state index contributed by atoms with van der Waals surface area (Å²) in [5.74, 6) is -0.647. The number of rotatable bonds is 17. The number of carbonyl (C=O) groups is 1. The van der Waals surface area contributed by atoms with E-state index in [2.05, 4.69) is 11.8 Å². The molecule has 0 bridgehead atoms. The molecule has 7 nitrogen and oxygen atoms in total. The first-order valence-corrected chi connectivity index (χ1v) is 11.3. The number of unbranched alkanes of at least 4 members (excludes halogenated alkanes) is 9. The Morgan fingerprint density at radius 3 is 1.92 bits per heavy atom. The second kappa shape index (κ2) is 15.4. The number of carbonyl (C=O) groups excluding carboxylic acids is 1. The zero-order valence-corrected chi connectivity index (χ0v) is 16.8. The Hall–Kier alpha value is -0.700. The van der Waals surface area contributed by atoms with Gasteiger partial charge in [0, 0.05) is 6.42 Å². The first kappa shape index (κ1) is 25.3. The Labute approximate surface area is 157 Å². The largest absolute Gasteiger partial charge is 0.392 e. The van der Waals surface area contributed by atoms with Crippen molar-refractivity contribution in [2.45, 2.75) is 108 Å². The van der Waals surface area contributed by atoms with Gasteiger partial charge in [-0.15, -0.1) is 0 Å². The van der Waals surface area contributed by atoms with Gasteiger partial charge in [0.25, 0.3) is 10.1 Å². The van der Waals surface area contributed by atoms with Gasteiger partial charge in [-0.25, -0.2) is 4.79 Å². The lowest BCUT2D eigenvalue weighted by Crippen LogP contribution is -2.33. The molecule has 0 aromatic rings. The van der Waals surface area contributed by atoms with Crippen LogP contribution in [0.4, 0.5) is 0 Å². The number of aliphatic hydroxyl groups excluding tert-OH is 1. The van der Waals surface area contributed by atoms with E-state index in [0.717, 1.165) is 44.9 Å². The van der Waals surface area contributed by atoms with Crippen molar-refractivity contribution in [3.63, 3.8) is 0 Å². The fourth-order valence-electron chi connectivity index (χ4n) is 3.05. The van der Waals surface area contributed by atoms with Gasteiger partial charge in [-0.05, 0) is 19.3 Å². The summed E-state index contributed by atoms with van der Waals surface area (Å²) in [6, 6.07) is 0. The minimum atomic E-state index is -4.25. The Bertz CT molecular complexity index is 450. The minimum absolute atomic E-state index is 0.169. The van der Waals surface area contributed by atoms with E-state index in [4.69, 9.17) is 5.26 Å². The summed E-state index contributed by atoms with van der Waals surface area (Å²) >= 11 is 0. The highest BCUT2D eigenvalue weighted by Crippen LogP contribution is 2.20. The van der Waals surface area contributed by atoms with E-state index in [1.165, 1.54) is 6.42 Å². The van der Waals surface area contributed by atoms with Crippen LogP contribution in [0.2, 0.25) is 0 Å². The predicted molar refractivity (Wildman–Crippen MR) is 100 cm³/mol. The molecule has 156 valence electrons. The van der Waals surface area contributed by atoms with Crippen LogP contribution in [0.15, 0.2) is 0 Å². The quantitative estimate of drug-likeness (QED) is 0.146. The zero-order valence-electron chi connectivity index (χ0n) is 15.9. The number of hydrogen-bond acceptors (Lipinski definition) is 6. The molecule has 0 amide bonds. The van der Waals surface area contributed by atoms with Crippen molar-refractivity contribution in [1.29, 1.82) is 0 Å². The lowest BCUT2D eigenvalue weighted by Gasteiger charge is -2.20. The van der Waals surface area contributed by atoms with Gasteiger partial charge in [0.15, 0.2) is 0 Å². The number of aliphatic hydroxyl groups is 1. The standard InChI is InChI=1S/C18H36O7S/c1-2-3-4-5-8-11-14-17(26(22,23)24)16(19)13-10-7-6-9-12-15-18(20)25-21/h16-17,19,21H,2-15H2,1H3,(H,22,23,24). The molecule has 0 rings (SSSR count). The molecule has 3 N–H and O–H groups in total. The fraction of sp³-hybridized carbons (Fsp3) is 0.944. The van der Waals surface area contributed by atoms with E-state index in [-0.39, 0.29) is 12.8 Å². The zero-order chi connectivity index (χ0) is 19.8. The van der Waals surface area contributed by atoms with Crippen molar-refractivity contribution in [3.05, 3.63) is 0 Å². The molecular formula is C18H36O7S. The molecule has 0 saturated heterocycles. The van der Waals surface area contributed by atoms with E-state index in [9.17, 15) is 22.9 Å². The van der Waals surface area contributed by atoms with Crippen molar-refractivity contribution in [2.75, 3.05) is 0 Å². The van der Waals surface area contributed by atoms with Crippen LogP contribution in [0, 0.1) is 0 Å². The first-order valence-electron chi connectivity index (χ1n) is 9.81. The molecule has 0 radical (unpaired) electrons. The predicted octanol–water partition coefficient (Wildman–Crippen LogP) is 4.10. The molecule has 0 fully saturated rings. The van der Waals surface area contributed by atoms with Gasteiger partial charge in [0.05, 0.1) is 6.10 Å². The van der Waals surface area contributed by atoms with Crippen LogP contribution in [0.1, 0.15) is 96.8 Å². The number of hydrogen-bond donors (Lipinski definition) is 3. The van der Waals surface area contributed by atoms with Crippen LogP contribution in [0.25, 0.3) is 0 Å². The Morgan fingerprint density at radius 1 is 0.885 bits per heavy atom. The summed E-state index contributed by atoms with van der Waals surface area (Å²) in [4.78, 5) is 14.3. The van der Waals surface area contributed by atoms with Crippen molar-refractivity contribution in [2.24, 2.45) is 0 Å². The molecule has 0 aliphatic heterocycles. The highest BCUT2D eigenvalue weighted by atomic mass is 32.2. The second-order valence-corrected chi connectivity index (χ2v) is 8.58. The lowest BCUT2D eigenvalue weighted by molar-refractivity contribution is -0.234. The molecule has 0 aliphatic rings. The summed E-state index contributed by atoms with van der Waals surface area (Å²) in [6.45, 7) is 2.13. The third kappa shape index (κ3) is 13.5. The Kier molecular flexibility index (Phi) is 15.0. The molecule has 2 unspecified atom stereocenters. The maximum atomic E-state index is 11.5. The van der Waals surface area contributed by atoms with Crippen molar-refractivity contribution in [1.82, 2.24) is 0 Å². The van der Waals surface area contributed by atoms with Crippen LogP contribution < -0.4 is 0 Å². The summed E-state index contributed by atoms with van der Waals surface area (Å²) in [5, 5.41) is 17.2. The van der Waals surface area contributed by atoms with Gasteiger partial charge in [0.1, 0.15) is 5.25 Å². The van der Waals surface area contributed by atoms with Crippen LogP contribution in [-0.4, -0.2) is 40.7 Å². The first-order chi connectivity index (χ1) is 12.3. The molecule has 0 aromatic carbocycles.